The van der Waals surface area contributed by atoms with E-state index in [1.54, 1.807) is 12.1 Å². The Kier molecular flexibility index (Phi) is 4.75. The first-order valence-electron chi connectivity index (χ1n) is 8.95. The fourth-order valence-electron chi connectivity index (χ4n) is 3.30. The van der Waals surface area contributed by atoms with Crippen LogP contribution >= 0.6 is 0 Å². The smallest absolute Gasteiger partial charge is 0.274 e. The Bertz CT molecular complexity index is 1130. The van der Waals surface area contributed by atoms with Crippen molar-refractivity contribution >= 4 is 17.4 Å². The summed E-state index contributed by atoms with van der Waals surface area (Å²) in [5.74, 6) is -1.57. The van der Waals surface area contributed by atoms with E-state index in [0.29, 0.717) is 24.6 Å². The molecular weight excluding hydrogens is 380 g/mol. The molecule has 0 saturated carbocycles. The molecule has 8 heteroatoms. The average Bonchev–Trinajstić information content (AvgIpc) is 2.71. The highest BCUT2D eigenvalue weighted by atomic mass is 19.1. The molecule has 0 fully saturated rings. The lowest BCUT2D eigenvalue weighted by atomic mass is 10.1. The van der Waals surface area contributed by atoms with E-state index in [1.807, 2.05) is 0 Å². The van der Waals surface area contributed by atoms with Gasteiger partial charge in [-0.15, -0.1) is 0 Å². The lowest BCUT2D eigenvalue weighted by Gasteiger charge is -2.32. The lowest BCUT2D eigenvalue weighted by Crippen LogP contribution is -2.41. The van der Waals surface area contributed by atoms with Crippen LogP contribution in [0.2, 0.25) is 0 Å². The Morgan fingerprint density at radius 1 is 0.931 bits per heavy atom. The molecule has 1 aliphatic heterocycles. The summed E-state index contributed by atoms with van der Waals surface area (Å²) >= 11 is 0. The number of halogens is 2. The van der Waals surface area contributed by atoms with Gasteiger partial charge in [-0.25, -0.2) is 8.78 Å². The average molecular weight is 397 g/mol. The van der Waals surface area contributed by atoms with E-state index in [1.165, 1.54) is 51.9 Å². The lowest BCUT2D eigenvalue weighted by molar-refractivity contribution is 0.0684. The maximum atomic E-state index is 13.1. The normalized spacial score (nSPS) is 13.3. The van der Waals surface area contributed by atoms with Gasteiger partial charge in [-0.3, -0.25) is 9.59 Å². The summed E-state index contributed by atoms with van der Waals surface area (Å²) in [6.45, 7) is 0.894. The Hall–Kier alpha value is -3.68. The number of carbonyl (C=O) groups is 1. The minimum atomic E-state index is -0.696. The number of pyridine rings is 1. The van der Waals surface area contributed by atoms with Crippen molar-refractivity contribution in [1.29, 1.82) is 0 Å². The van der Waals surface area contributed by atoms with Crippen molar-refractivity contribution < 1.29 is 18.7 Å². The van der Waals surface area contributed by atoms with Crippen LogP contribution < -0.4 is 10.7 Å². The summed E-state index contributed by atoms with van der Waals surface area (Å²) in [5, 5.41) is 13.2. The molecule has 1 aromatic heterocycles. The molecule has 1 amide bonds. The van der Waals surface area contributed by atoms with E-state index in [-0.39, 0.29) is 18.1 Å². The first-order chi connectivity index (χ1) is 13.9. The predicted octanol–water partition coefficient (Wildman–Crippen LogP) is 3.23. The first-order valence-corrected chi connectivity index (χ1v) is 8.95. The number of fused-ring (bicyclic) bond motifs is 1. The maximum absolute atomic E-state index is 13.1. The van der Waals surface area contributed by atoms with E-state index < -0.39 is 22.9 Å². The van der Waals surface area contributed by atoms with E-state index in [2.05, 4.69) is 5.32 Å². The fourth-order valence-corrected chi connectivity index (χ4v) is 3.30. The molecule has 1 aliphatic rings. The molecule has 2 N–H and O–H groups in total. The highest BCUT2D eigenvalue weighted by Crippen LogP contribution is 2.26. The minimum absolute atomic E-state index is 0.115. The van der Waals surface area contributed by atoms with Crippen molar-refractivity contribution in [2.75, 3.05) is 11.9 Å². The number of anilines is 2. The standard InChI is InChI=1S/C21H17F2N3O3/c22-14-3-1-13(2-4-14)12-25-9-10-26-18(24-16-7-5-15(23)6-8-16)11-17(27)20(28)19(26)21(25)29/h1-8,11,24,28H,9-10,12H2. The third-order valence-electron chi connectivity index (χ3n) is 4.77. The van der Waals surface area contributed by atoms with Crippen LogP contribution in [-0.2, 0) is 13.1 Å². The van der Waals surface area contributed by atoms with Crippen LogP contribution in [0, 0.1) is 11.6 Å². The third kappa shape index (κ3) is 3.69. The number of hydrogen-bond acceptors (Lipinski definition) is 4. The molecule has 0 radical (unpaired) electrons. The minimum Gasteiger partial charge on any atom is -0.503 e. The van der Waals surface area contributed by atoms with E-state index in [9.17, 15) is 23.5 Å². The van der Waals surface area contributed by atoms with Gasteiger partial charge in [0.15, 0.2) is 11.4 Å². The van der Waals surface area contributed by atoms with Gasteiger partial charge in [0.1, 0.15) is 17.5 Å². The molecular formula is C21H17F2N3O3. The van der Waals surface area contributed by atoms with Crippen molar-refractivity contribution in [3.05, 3.63) is 87.7 Å². The van der Waals surface area contributed by atoms with Crippen molar-refractivity contribution in [2.45, 2.75) is 13.1 Å². The van der Waals surface area contributed by atoms with Gasteiger partial charge in [-0.05, 0) is 42.0 Å². The largest absolute Gasteiger partial charge is 0.503 e. The van der Waals surface area contributed by atoms with E-state index in [0.717, 1.165) is 5.56 Å². The quantitative estimate of drug-likeness (QED) is 0.709. The highest BCUT2D eigenvalue weighted by Gasteiger charge is 2.30. The Morgan fingerprint density at radius 2 is 1.55 bits per heavy atom. The molecule has 29 heavy (non-hydrogen) atoms. The molecule has 3 aromatic rings. The second-order valence-corrected chi connectivity index (χ2v) is 6.73. The van der Waals surface area contributed by atoms with Gasteiger partial charge in [0, 0.05) is 31.4 Å². The Morgan fingerprint density at radius 3 is 2.21 bits per heavy atom. The number of benzene rings is 2. The van der Waals surface area contributed by atoms with Crippen LogP contribution in [0.4, 0.5) is 20.3 Å². The van der Waals surface area contributed by atoms with Crippen LogP contribution in [0.15, 0.2) is 59.4 Å². The molecule has 0 saturated heterocycles. The van der Waals surface area contributed by atoms with Crippen molar-refractivity contribution in [1.82, 2.24) is 9.47 Å². The zero-order chi connectivity index (χ0) is 20.5. The Labute approximate surface area is 164 Å². The van der Waals surface area contributed by atoms with Gasteiger partial charge in [-0.2, -0.15) is 0 Å². The number of rotatable bonds is 4. The zero-order valence-corrected chi connectivity index (χ0v) is 15.2. The van der Waals surface area contributed by atoms with Crippen LogP contribution in [0.5, 0.6) is 5.75 Å². The summed E-state index contributed by atoms with van der Waals surface area (Å²) in [4.78, 5) is 26.7. The second-order valence-electron chi connectivity index (χ2n) is 6.73. The molecule has 2 heterocycles. The fraction of sp³-hybridized carbons (Fsp3) is 0.143. The van der Waals surface area contributed by atoms with Gasteiger partial charge in [0.25, 0.3) is 5.91 Å². The topological polar surface area (TPSA) is 74.6 Å². The molecule has 148 valence electrons. The highest BCUT2D eigenvalue weighted by molar-refractivity contribution is 5.96. The van der Waals surface area contributed by atoms with Gasteiger partial charge in [-0.1, -0.05) is 12.1 Å². The number of amides is 1. The number of nitrogens with zero attached hydrogens (tertiary/aromatic N) is 2. The summed E-state index contributed by atoms with van der Waals surface area (Å²) in [7, 11) is 0. The van der Waals surface area contributed by atoms with Gasteiger partial charge >= 0.3 is 0 Å². The number of aromatic nitrogens is 1. The molecule has 0 atom stereocenters. The van der Waals surface area contributed by atoms with Crippen LogP contribution in [-0.4, -0.2) is 27.0 Å². The summed E-state index contributed by atoms with van der Waals surface area (Å²) < 4.78 is 27.8. The molecule has 4 rings (SSSR count). The SMILES string of the molecule is O=C1c2c(O)c(=O)cc(Nc3ccc(F)cc3)n2CCN1Cc1ccc(F)cc1. The van der Waals surface area contributed by atoms with Crippen LogP contribution in [0.3, 0.4) is 0 Å². The number of nitrogens with one attached hydrogen (secondary N) is 1. The van der Waals surface area contributed by atoms with Crippen molar-refractivity contribution in [3.63, 3.8) is 0 Å². The van der Waals surface area contributed by atoms with Gasteiger partial charge in [0.2, 0.25) is 5.43 Å². The third-order valence-corrected chi connectivity index (χ3v) is 4.77. The number of aromatic hydroxyl groups is 1. The van der Waals surface area contributed by atoms with E-state index >= 15 is 0 Å². The molecule has 0 unspecified atom stereocenters. The van der Waals surface area contributed by atoms with Crippen molar-refractivity contribution in [3.8, 4) is 5.75 Å². The summed E-state index contributed by atoms with van der Waals surface area (Å²) in [6.07, 6.45) is 0. The molecule has 0 bridgehead atoms. The monoisotopic (exact) mass is 397 g/mol. The first kappa shape index (κ1) is 18.7. The number of carbonyl (C=O) groups excluding carboxylic acids is 1. The van der Waals surface area contributed by atoms with Crippen LogP contribution in [0.25, 0.3) is 0 Å². The number of hydrogen-bond donors (Lipinski definition) is 2. The van der Waals surface area contributed by atoms with Crippen molar-refractivity contribution in [2.24, 2.45) is 0 Å². The summed E-state index contributed by atoms with van der Waals surface area (Å²) in [6, 6.07) is 12.5. The molecule has 0 aliphatic carbocycles. The Balaban J connectivity index is 1.67. The summed E-state index contributed by atoms with van der Waals surface area (Å²) in [5.41, 5.74) is 0.455. The molecule has 2 aromatic carbocycles. The predicted molar refractivity (Wildman–Crippen MR) is 103 cm³/mol. The molecule has 0 spiro atoms. The molecule has 6 nitrogen and oxygen atoms in total. The van der Waals surface area contributed by atoms with E-state index in [4.69, 9.17) is 0 Å². The second kappa shape index (κ2) is 7.38. The zero-order valence-electron chi connectivity index (χ0n) is 15.2. The maximum Gasteiger partial charge on any atom is 0.274 e. The van der Waals surface area contributed by atoms with Gasteiger partial charge in [0.05, 0.1) is 0 Å². The van der Waals surface area contributed by atoms with Crippen LogP contribution in [0.1, 0.15) is 16.1 Å². The van der Waals surface area contributed by atoms with Gasteiger partial charge < -0.3 is 19.9 Å².